The number of halogens is 1. The summed E-state index contributed by atoms with van der Waals surface area (Å²) in [5, 5.41) is 12.2. The molecule has 0 saturated heterocycles. The molecule has 0 saturated carbocycles. The fourth-order valence-electron chi connectivity index (χ4n) is 5.10. The maximum absolute atomic E-state index is 14.5. The van der Waals surface area contributed by atoms with Gasteiger partial charge in [0.05, 0.1) is 20.8 Å². The highest BCUT2D eigenvalue weighted by atomic mass is 79.9. The molecule has 0 radical (unpaired) electrons. The van der Waals surface area contributed by atoms with Crippen LogP contribution in [-0.4, -0.2) is 49.9 Å². The number of carbonyl (C=O) groups is 1. The minimum absolute atomic E-state index is 0.0640. The van der Waals surface area contributed by atoms with Gasteiger partial charge in [0.2, 0.25) is 5.90 Å². The number of carbonyl (C=O) groups excluding carboxylic acids is 1. The van der Waals surface area contributed by atoms with E-state index in [0.717, 1.165) is 26.9 Å². The van der Waals surface area contributed by atoms with Crippen molar-refractivity contribution < 1.29 is 28.8 Å². The van der Waals surface area contributed by atoms with Crippen LogP contribution in [0, 0.1) is 0 Å². The average Bonchev–Trinajstić information content (AvgIpc) is 3.46. The lowest BCUT2D eigenvalue weighted by atomic mass is 9.82. The van der Waals surface area contributed by atoms with E-state index in [0.29, 0.717) is 42.5 Å². The Morgan fingerprint density at radius 2 is 1.66 bits per heavy atom. The van der Waals surface area contributed by atoms with E-state index in [1.165, 1.54) is 0 Å². The van der Waals surface area contributed by atoms with Crippen LogP contribution in [0.3, 0.4) is 0 Å². The highest BCUT2D eigenvalue weighted by Gasteiger charge is 2.53. The van der Waals surface area contributed by atoms with Gasteiger partial charge in [-0.25, -0.2) is 4.99 Å². The predicted molar refractivity (Wildman–Crippen MR) is 172 cm³/mol. The number of methoxy groups -OCH3 is 2. The standard InChI is InChI=1S/C35H35BrN2O6/c1-41-28-15-11-24(12-16-28)23-37-34(40)35(22-27-7-3-4-10-31(27)36)32(26-8-5-9-30(21-26)42-2)44-33(38-35)25-13-17-29(18-14-25)43-20-6-19-39/h3-5,7-18,21,32,39H,6,19-20,22-23H2,1-2H3,(H,37,40)/t32-,35-/m1/s1. The number of aliphatic imine (C=N–C) groups is 1. The third-order valence-corrected chi connectivity index (χ3v) is 8.23. The third kappa shape index (κ3) is 7.06. The molecule has 1 aliphatic heterocycles. The zero-order valence-electron chi connectivity index (χ0n) is 24.7. The molecule has 1 amide bonds. The lowest BCUT2D eigenvalue weighted by Gasteiger charge is -2.31. The van der Waals surface area contributed by atoms with E-state index in [1.54, 1.807) is 14.2 Å². The second kappa shape index (κ2) is 14.4. The number of amides is 1. The molecule has 4 aromatic carbocycles. The van der Waals surface area contributed by atoms with Gasteiger partial charge in [-0.15, -0.1) is 0 Å². The number of aliphatic hydroxyl groups is 1. The third-order valence-electron chi connectivity index (χ3n) is 7.46. The molecule has 44 heavy (non-hydrogen) atoms. The molecule has 0 fully saturated rings. The monoisotopic (exact) mass is 658 g/mol. The molecule has 2 atom stereocenters. The van der Waals surface area contributed by atoms with Gasteiger partial charge in [0, 0.05) is 36.0 Å². The van der Waals surface area contributed by atoms with Crippen molar-refractivity contribution in [3.8, 4) is 17.2 Å². The van der Waals surface area contributed by atoms with Crippen molar-refractivity contribution in [1.29, 1.82) is 0 Å². The first-order valence-corrected chi connectivity index (χ1v) is 15.1. The maximum atomic E-state index is 14.5. The maximum Gasteiger partial charge on any atom is 0.252 e. The van der Waals surface area contributed by atoms with Gasteiger partial charge < -0.3 is 29.4 Å². The van der Waals surface area contributed by atoms with Crippen molar-refractivity contribution in [3.63, 3.8) is 0 Å². The van der Waals surface area contributed by atoms with Gasteiger partial charge in [0.15, 0.2) is 11.6 Å². The summed E-state index contributed by atoms with van der Waals surface area (Å²) in [6, 6.07) is 30.3. The number of nitrogens with zero attached hydrogens (tertiary/aromatic N) is 1. The summed E-state index contributed by atoms with van der Waals surface area (Å²) in [7, 11) is 3.23. The minimum Gasteiger partial charge on any atom is -0.497 e. The Balaban J connectivity index is 1.56. The van der Waals surface area contributed by atoms with Crippen LogP contribution >= 0.6 is 15.9 Å². The molecule has 0 unspecified atom stereocenters. The Morgan fingerprint density at radius 1 is 0.932 bits per heavy atom. The van der Waals surface area contributed by atoms with E-state index in [4.69, 9.17) is 29.0 Å². The van der Waals surface area contributed by atoms with Gasteiger partial charge >= 0.3 is 0 Å². The summed E-state index contributed by atoms with van der Waals surface area (Å²) in [5.41, 5.74) is 1.96. The summed E-state index contributed by atoms with van der Waals surface area (Å²) in [6.45, 7) is 0.777. The second-order valence-electron chi connectivity index (χ2n) is 10.4. The Morgan fingerprint density at radius 3 is 2.36 bits per heavy atom. The fraction of sp³-hybridized carbons (Fsp3) is 0.257. The first-order valence-electron chi connectivity index (χ1n) is 14.3. The van der Waals surface area contributed by atoms with E-state index < -0.39 is 11.6 Å². The fourth-order valence-corrected chi connectivity index (χ4v) is 5.52. The van der Waals surface area contributed by atoms with E-state index >= 15 is 0 Å². The van der Waals surface area contributed by atoms with E-state index in [2.05, 4.69) is 21.2 Å². The lowest BCUT2D eigenvalue weighted by Crippen LogP contribution is -2.49. The van der Waals surface area contributed by atoms with Gasteiger partial charge in [-0.05, 0) is 71.3 Å². The Hall–Kier alpha value is -4.34. The molecule has 0 bridgehead atoms. The number of hydrogen-bond acceptors (Lipinski definition) is 7. The summed E-state index contributed by atoms with van der Waals surface area (Å²) >= 11 is 3.68. The Labute approximate surface area is 265 Å². The summed E-state index contributed by atoms with van der Waals surface area (Å²) < 4.78 is 24.0. The smallest absolute Gasteiger partial charge is 0.252 e. The van der Waals surface area contributed by atoms with Gasteiger partial charge in [0.1, 0.15) is 17.2 Å². The quantitative estimate of drug-likeness (QED) is 0.170. The molecule has 9 heteroatoms. The summed E-state index contributed by atoms with van der Waals surface area (Å²) in [6.07, 6.45) is 0.0654. The Kier molecular flexibility index (Phi) is 10.2. The molecule has 228 valence electrons. The molecular weight excluding hydrogens is 624 g/mol. The van der Waals surface area contributed by atoms with E-state index in [1.807, 2.05) is 97.1 Å². The molecule has 4 aromatic rings. The number of nitrogens with one attached hydrogen (secondary N) is 1. The molecule has 5 rings (SSSR count). The summed E-state index contributed by atoms with van der Waals surface area (Å²) in [4.78, 5) is 19.6. The van der Waals surface area contributed by atoms with E-state index in [9.17, 15) is 4.79 Å². The van der Waals surface area contributed by atoms with Crippen LogP contribution in [0.1, 0.15) is 34.8 Å². The van der Waals surface area contributed by atoms with Crippen LogP contribution in [0.15, 0.2) is 107 Å². The average molecular weight is 660 g/mol. The normalized spacial score (nSPS) is 17.4. The molecule has 2 N–H and O–H groups in total. The minimum atomic E-state index is -1.35. The van der Waals surface area contributed by atoms with E-state index in [-0.39, 0.29) is 18.9 Å². The van der Waals surface area contributed by atoms with Gasteiger partial charge in [-0.3, -0.25) is 4.79 Å². The topological polar surface area (TPSA) is 98.6 Å². The van der Waals surface area contributed by atoms with Crippen LogP contribution in [0.2, 0.25) is 0 Å². The number of benzene rings is 4. The lowest BCUT2D eigenvalue weighted by molar-refractivity contribution is -0.129. The Bertz CT molecular complexity index is 1590. The second-order valence-corrected chi connectivity index (χ2v) is 11.2. The first kappa shape index (κ1) is 31.1. The highest BCUT2D eigenvalue weighted by molar-refractivity contribution is 9.10. The van der Waals surface area contributed by atoms with Crippen molar-refractivity contribution in [1.82, 2.24) is 5.32 Å². The molecule has 0 aromatic heterocycles. The van der Waals surface area contributed by atoms with Gasteiger partial charge in [-0.1, -0.05) is 58.4 Å². The van der Waals surface area contributed by atoms with Gasteiger partial charge in [-0.2, -0.15) is 0 Å². The number of rotatable bonds is 13. The largest absolute Gasteiger partial charge is 0.497 e. The zero-order chi connectivity index (χ0) is 30.9. The number of aliphatic hydroxyl groups excluding tert-OH is 1. The van der Waals surface area contributed by atoms with Crippen LogP contribution in [0.5, 0.6) is 17.2 Å². The van der Waals surface area contributed by atoms with Crippen LogP contribution in [-0.2, 0) is 22.5 Å². The van der Waals surface area contributed by atoms with Crippen molar-refractivity contribution >= 4 is 27.7 Å². The molecule has 8 nitrogen and oxygen atoms in total. The molecule has 0 spiro atoms. The number of ether oxygens (including phenoxy) is 4. The van der Waals surface area contributed by atoms with Crippen LogP contribution < -0.4 is 19.5 Å². The molecule has 1 aliphatic rings. The number of hydrogen-bond donors (Lipinski definition) is 2. The van der Waals surface area contributed by atoms with Crippen molar-refractivity contribution in [2.45, 2.75) is 31.0 Å². The highest BCUT2D eigenvalue weighted by Crippen LogP contribution is 2.44. The SMILES string of the molecule is COc1ccc(CNC(=O)[C@]2(Cc3ccccc3Br)N=C(c3ccc(OCCCO)cc3)O[C@@H]2c2cccc(OC)c2)cc1. The first-order chi connectivity index (χ1) is 21.5. The van der Waals surface area contributed by atoms with Crippen molar-refractivity contribution in [2.75, 3.05) is 27.4 Å². The van der Waals surface area contributed by atoms with Crippen molar-refractivity contribution in [3.05, 3.63) is 124 Å². The predicted octanol–water partition coefficient (Wildman–Crippen LogP) is 6.04. The van der Waals surface area contributed by atoms with Crippen LogP contribution in [0.4, 0.5) is 0 Å². The molecular formula is C35H35BrN2O6. The molecule has 0 aliphatic carbocycles. The van der Waals surface area contributed by atoms with Crippen LogP contribution in [0.25, 0.3) is 0 Å². The zero-order valence-corrected chi connectivity index (χ0v) is 26.3. The van der Waals surface area contributed by atoms with Crippen molar-refractivity contribution in [2.24, 2.45) is 4.99 Å². The summed E-state index contributed by atoms with van der Waals surface area (Å²) in [5.74, 6) is 2.15. The van der Waals surface area contributed by atoms with Gasteiger partial charge in [0.25, 0.3) is 5.91 Å². The molecule has 1 heterocycles.